The third kappa shape index (κ3) is 4.26. The van der Waals surface area contributed by atoms with Gasteiger partial charge in [0.2, 0.25) is 0 Å². The van der Waals surface area contributed by atoms with Crippen LogP contribution >= 0.6 is 0 Å². The van der Waals surface area contributed by atoms with Gasteiger partial charge in [-0.05, 0) is 38.5 Å². The number of rotatable bonds is 3. The molecule has 1 heteroatoms. The van der Waals surface area contributed by atoms with Crippen molar-refractivity contribution in [2.45, 2.75) is 69.2 Å². The van der Waals surface area contributed by atoms with Crippen LogP contribution < -0.4 is 5.11 Å². The maximum atomic E-state index is 12.3. The van der Waals surface area contributed by atoms with Crippen LogP contribution in [-0.4, -0.2) is 0 Å². The summed E-state index contributed by atoms with van der Waals surface area (Å²) in [7, 11) is 0. The van der Waals surface area contributed by atoms with Crippen LogP contribution in [0.1, 0.15) is 69.2 Å². The van der Waals surface area contributed by atoms with Gasteiger partial charge in [-0.25, -0.2) is 0 Å². The quantitative estimate of drug-likeness (QED) is 0.532. The van der Waals surface area contributed by atoms with Gasteiger partial charge in [0, 0.05) is 12.5 Å². The van der Waals surface area contributed by atoms with Crippen LogP contribution in [0.4, 0.5) is 0 Å². The molecule has 0 aliphatic rings. The van der Waals surface area contributed by atoms with Crippen LogP contribution in [0.5, 0.6) is 0 Å². The Morgan fingerprint density at radius 2 is 1.17 bits per heavy atom. The second-order valence-corrected chi connectivity index (χ2v) is 8.63. The Labute approximate surface area is 115 Å². The van der Waals surface area contributed by atoms with Crippen LogP contribution in [0.25, 0.3) is 0 Å². The van der Waals surface area contributed by atoms with Crippen molar-refractivity contribution in [2.24, 2.45) is 21.7 Å². The first-order valence-corrected chi connectivity index (χ1v) is 6.86. The minimum atomic E-state index is -0.103. The lowest BCUT2D eigenvalue weighted by Crippen LogP contribution is -2.34. The second kappa shape index (κ2) is 4.83. The van der Waals surface area contributed by atoms with Crippen molar-refractivity contribution in [3.63, 3.8) is 0 Å². The first-order chi connectivity index (χ1) is 7.60. The molecule has 18 heavy (non-hydrogen) atoms. The van der Waals surface area contributed by atoms with E-state index in [2.05, 4.69) is 69.2 Å². The Bertz CT molecular complexity index is 305. The first-order valence-electron chi connectivity index (χ1n) is 6.86. The topological polar surface area (TPSA) is 23.1 Å². The van der Waals surface area contributed by atoms with Gasteiger partial charge in [0.1, 0.15) is 0 Å². The molecule has 0 radical (unpaired) electrons. The third-order valence-electron chi connectivity index (χ3n) is 4.87. The molecule has 0 N–H and O–H groups in total. The Morgan fingerprint density at radius 3 is 1.44 bits per heavy atom. The summed E-state index contributed by atoms with van der Waals surface area (Å²) in [6, 6.07) is 0. The molecule has 0 aromatic heterocycles. The van der Waals surface area contributed by atoms with E-state index >= 15 is 0 Å². The largest absolute Gasteiger partial charge is 0.842 e. The van der Waals surface area contributed by atoms with Gasteiger partial charge in [0.05, 0.1) is 16.6 Å². The zero-order valence-electron chi connectivity index (χ0n) is 14.1. The van der Waals surface area contributed by atoms with Crippen LogP contribution in [0.15, 0.2) is 11.8 Å². The Kier molecular flexibility index (Phi) is 4.67. The van der Waals surface area contributed by atoms with E-state index in [9.17, 15) is 5.11 Å². The highest BCUT2D eigenvalue weighted by atomic mass is 16.3. The fourth-order valence-electron chi connectivity index (χ4n) is 1.19. The zero-order chi connectivity index (χ0) is 15.0. The van der Waals surface area contributed by atoms with Gasteiger partial charge >= 0.3 is 0 Å². The van der Waals surface area contributed by atoms with E-state index in [1.807, 2.05) is 12.5 Å². The van der Waals surface area contributed by atoms with Gasteiger partial charge in [-0.15, -0.1) is 0 Å². The summed E-state index contributed by atoms with van der Waals surface area (Å²) >= 11 is 0. The number of hydrogen-bond donors (Lipinski definition) is 0. The predicted molar refractivity (Wildman–Crippen MR) is 78.9 cm³/mol. The van der Waals surface area contributed by atoms with Gasteiger partial charge < -0.3 is 5.11 Å². The predicted octanol–water partition coefficient (Wildman–Crippen LogP) is 4.58. The SMILES string of the molecule is CC(C)(C)C(C)(C)C=C([O-])[CH+]C(C)(C)C(C)(C)C. The van der Waals surface area contributed by atoms with Crippen molar-refractivity contribution in [3.8, 4) is 0 Å². The monoisotopic (exact) mass is 252 g/mol. The molecule has 0 aromatic rings. The molecule has 0 fully saturated rings. The highest BCUT2D eigenvalue weighted by Gasteiger charge is 2.39. The van der Waals surface area contributed by atoms with Gasteiger partial charge in [-0.3, -0.25) is 0 Å². The molecule has 0 saturated carbocycles. The van der Waals surface area contributed by atoms with E-state index in [1.165, 1.54) is 0 Å². The smallest absolute Gasteiger partial charge is 0.0591 e. The average Bonchev–Trinajstić information content (AvgIpc) is 1.95. The lowest BCUT2D eigenvalue weighted by molar-refractivity contribution is -0.302. The fraction of sp³-hybridized carbons (Fsp3) is 0.824. The molecule has 0 amide bonds. The van der Waals surface area contributed by atoms with Crippen molar-refractivity contribution in [1.82, 2.24) is 0 Å². The van der Waals surface area contributed by atoms with E-state index < -0.39 is 0 Å². The molecule has 106 valence electrons. The van der Waals surface area contributed by atoms with E-state index in [4.69, 9.17) is 0 Å². The molecule has 0 heterocycles. The van der Waals surface area contributed by atoms with Crippen LogP contribution in [0.2, 0.25) is 0 Å². The number of allylic oxidation sites excluding steroid dienone is 2. The summed E-state index contributed by atoms with van der Waals surface area (Å²) < 4.78 is 0. The minimum absolute atomic E-state index is 0.0857. The highest BCUT2D eigenvalue weighted by molar-refractivity contribution is 5.16. The summed E-state index contributed by atoms with van der Waals surface area (Å²) in [6.07, 6.45) is 3.75. The average molecular weight is 252 g/mol. The lowest BCUT2D eigenvalue weighted by atomic mass is 9.65. The normalized spacial score (nSPS) is 15.8. The van der Waals surface area contributed by atoms with Crippen LogP contribution in [0.3, 0.4) is 0 Å². The highest BCUT2D eigenvalue weighted by Crippen LogP contribution is 2.43. The third-order valence-corrected chi connectivity index (χ3v) is 4.87. The molecule has 0 aliphatic carbocycles. The second-order valence-electron chi connectivity index (χ2n) is 8.63. The Balaban J connectivity index is 5.06. The van der Waals surface area contributed by atoms with E-state index in [-0.39, 0.29) is 27.4 Å². The summed E-state index contributed by atoms with van der Waals surface area (Å²) in [5, 5.41) is 12.3. The van der Waals surface area contributed by atoms with Crippen LogP contribution in [-0.2, 0) is 0 Å². The van der Waals surface area contributed by atoms with E-state index in [0.717, 1.165) is 0 Å². The van der Waals surface area contributed by atoms with Gasteiger partial charge in [0.15, 0.2) is 0 Å². The van der Waals surface area contributed by atoms with Crippen LogP contribution in [0, 0.1) is 28.1 Å². The molecule has 0 rings (SSSR count). The van der Waals surface area contributed by atoms with Crippen molar-refractivity contribution in [2.75, 3.05) is 0 Å². The van der Waals surface area contributed by atoms with Crippen molar-refractivity contribution in [3.05, 3.63) is 18.3 Å². The molecule has 0 aromatic carbocycles. The zero-order valence-corrected chi connectivity index (χ0v) is 14.1. The van der Waals surface area contributed by atoms with Crippen molar-refractivity contribution in [1.29, 1.82) is 0 Å². The molecular formula is C17H32O. The minimum Gasteiger partial charge on any atom is -0.842 e. The van der Waals surface area contributed by atoms with Gasteiger partial charge in [-0.2, -0.15) is 0 Å². The van der Waals surface area contributed by atoms with Gasteiger partial charge in [-0.1, -0.05) is 41.5 Å². The summed E-state index contributed by atoms with van der Waals surface area (Å²) in [5.41, 5.74) is -0.0339. The maximum absolute atomic E-state index is 12.3. The molecule has 0 bridgehead atoms. The molecule has 0 saturated heterocycles. The molecule has 0 unspecified atom stereocenters. The summed E-state index contributed by atoms with van der Waals surface area (Å²) in [4.78, 5) is 0. The molecular weight excluding hydrogens is 220 g/mol. The molecule has 1 nitrogen and oxygen atoms in total. The molecule has 0 atom stereocenters. The molecule has 0 aliphatic heterocycles. The summed E-state index contributed by atoms with van der Waals surface area (Å²) in [6.45, 7) is 21.5. The standard InChI is InChI=1S/C17H32O/c1-14(2,3)16(7,8)11-13(18)12-17(9,10)15(4,5)6/h11-12H,1-10H3. The van der Waals surface area contributed by atoms with Crippen molar-refractivity contribution < 1.29 is 5.11 Å². The molecule has 0 spiro atoms. The fourth-order valence-corrected chi connectivity index (χ4v) is 1.19. The number of hydrogen-bond acceptors (Lipinski definition) is 1. The Hall–Kier alpha value is -0.590. The lowest BCUT2D eigenvalue weighted by Gasteiger charge is -2.37. The summed E-state index contributed by atoms with van der Waals surface area (Å²) in [5.74, 6) is 0.148. The van der Waals surface area contributed by atoms with Crippen molar-refractivity contribution >= 4 is 0 Å². The van der Waals surface area contributed by atoms with Gasteiger partial charge in [0.25, 0.3) is 0 Å². The van der Waals surface area contributed by atoms with E-state index in [1.54, 1.807) is 0 Å². The van der Waals surface area contributed by atoms with E-state index in [0.29, 0.717) is 0 Å². The first kappa shape index (κ1) is 17.4. The maximum Gasteiger partial charge on any atom is 0.0591 e. The Morgan fingerprint density at radius 1 is 0.778 bits per heavy atom.